The summed E-state index contributed by atoms with van der Waals surface area (Å²) in [5, 5.41) is 2.46. The maximum Gasteiger partial charge on any atom is 0.392 e. The van der Waals surface area contributed by atoms with Gasteiger partial charge in [-0.25, -0.2) is 4.98 Å². The molecule has 1 aliphatic carbocycles. The number of carbonyl (C=O) groups is 1. The zero-order valence-electron chi connectivity index (χ0n) is 11.1. The molecule has 1 amide bonds. The third-order valence-electron chi connectivity index (χ3n) is 3.63. The highest BCUT2D eigenvalue weighted by atomic mass is 79.9. The summed E-state index contributed by atoms with van der Waals surface area (Å²) < 4.78 is 39.4. The highest BCUT2D eigenvalue weighted by molar-refractivity contribution is 9.10. The van der Waals surface area contributed by atoms with Gasteiger partial charge >= 0.3 is 6.18 Å². The second-order valence-corrected chi connectivity index (χ2v) is 5.98. The predicted octanol–water partition coefficient (Wildman–Crippen LogP) is 3.73. The number of alkyl halides is 3. The van der Waals surface area contributed by atoms with Crippen molar-refractivity contribution < 1.29 is 18.0 Å². The van der Waals surface area contributed by atoms with E-state index in [1.54, 1.807) is 0 Å². The van der Waals surface area contributed by atoms with Crippen LogP contribution in [0, 0.1) is 11.8 Å². The van der Waals surface area contributed by atoms with E-state index >= 15 is 0 Å². The predicted molar refractivity (Wildman–Crippen MR) is 76.5 cm³/mol. The number of aromatic nitrogens is 1. The fourth-order valence-corrected chi connectivity index (χ4v) is 3.06. The molecule has 2 atom stereocenters. The van der Waals surface area contributed by atoms with E-state index in [1.165, 1.54) is 12.3 Å². The van der Waals surface area contributed by atoms with E-state index in [0.717, 1.165) is 0 Å². The van der Waals surface area contributed by atoms with Crippen molar-refractivity contribution in [3.05, 3.63) is 16.7 Å². The second kappa shape index (κ2) is 6.21. The summed E-state index contributed by atoms with van der Waals surface area (Å²) in [4.78, 5) is 16.1. The topological polar surface area (TPSA) is 68.0 Å². The molecule has 1 aromatic heterocycles. The van der Waals surface area contributed by atoms with E-state index in [-0.39, 0.29) is 18.7 Å². The van der Waals surface area contributed by atoms with Crippen LogP contribution in [0.1, 0.15) is 25.7 Å². The molecular weight excluding hydrogens is 351 g/mol. The third-order valence-corrected chi connectivity index (χ3v) is 4.23. The quantitative estimate of drug-likeness (QED) is 0.838. The average molecular weight is 366 g/mol. The van der Waals surface area contributed by atoms with Crippen LogP contribution in [0.15, 0.2) is 16.7 Å². The van der Waals surface area contributed by atoms with Gasteiger partial charge in [0.1, 0.15) is 5.82 Å². The first-order valence-corrected chi connectivity index (χ1v) is 7.37. The first-order chi connectivity index (χ1) is 9.79. The molecule has 21 heavy (non-hydrogen) atoms. The fraction of sp³-hybridized carbons (Fsp3) is 0.538. The number of nitrogens with two attached hydrogens (primary N) is 1. The lowest BCUT2D eigenvalue weighted by Crippen LogP contribution is -2.39. The summed E-state index contributed by atoms with van der Waals surface area (Å²) in [5.41, 5.74) is 5.92. The fourth-order valence-electron chi connectivity index (χ4n) is 2.59. The number of hydrogen-bond donors (Lipinski definition) is 2. The molecule has 0 aromatic carbocycles. The van der Waals surface area contributed by atoms with Gasteiger partial charge in [0.15, 0.2) is 0 Å². The second-order valence-electron chi connectivity index (χ2n) is 5.13. The molecule has 1 aromatic rings. The normalized spacial score (nSPS) is 22.9. The van der Waals surface area contributed by atoms with Gasteiger partial charge in [-0.3, -0.25) is 4.79 Å². The minimum atomic E-state index is -4.35. The zero-order chi connectivity index (χ0) is 15.6. The summed E-state index contributed by atoms with van der Waals surface area (Å²) in [5.74, 6) is -3.11. The summed E-state index contributed by atoms with van der Waals surface area (Å²) in [6, 6.07) is 1.53. The largest absolute Gasteiger partial charge is 0.397 e. The number of carbonyl (C=O) groups excluding carboxylic acids is 1. The number of hydrogen-bond acceptors (Lipinski definition) is 3. The Morgan fingerprint density at radius 3 is 2.67 bits per heavy atom. The lowest BCUT2D eigenvalue weighted by Gasteiger charge is -2.31. The Balaban J connectivity index is 2.14. The van der Waals surface area contributed by atoms with Gasteiger partial charge in [-0.15, -0.1) is 0 Å². The van der Waals surface area contributed by atoms with Crippen LogP contribution in [0.3, 0.4) is 0 Å². The van der Waals surface area contributed by atoms with Crippen LogP contribution in [-0.2, 0) is 4.79 Å². The Morgan fingerprint density at radius 2 is 2.05 bits per heavy atom. The van der Waals surface area contributed by atoms with Crippen molar-refractivity contribution in [1.29, 1.82) is 0 Å². The van der Waals surface area contributed by atoms with E-state index < -0.39 is 23.9 Å². The van der Waals surface area contributed by atoms with Crippen LogP contribution in [0.2, 0.25) is 0 Å². The number of pyridine rings is 1. The minimum absolute atomic E-state index is 0.00206. The maximum absolute atomic E-state index is 13.0. The lowest BCUT2D eigenvalue weighted by atomic mass is 9.78. The molecule has 3 N–H and O–H groups in total. The van der Waals surface area contributed by atoms with E-state index in [2.05, 4.69) is 26.2 Å². The molecule has 1 heterocycles. The van der Waals surface area contributed by atoms with Crippen LogP contribution in [0.25, 0.3) is 0 Å². The van der Waals surface area contributed by atoms with Crippen molar-refractivity contribution in [2.75, 3.05) is 11.1 Å². The molecule has 1 aliphatic rings. The third kappa shape index (κ3) is 3.87. The molecule has 0 saturated heterocycles. The van der Waals surface area contributed by atoms with Gasteiger partial charge in [0.25, 0.3) is 0 Å². The Hall–Kier alpha value is -1.31. The monoisotopic (exact) mass is 365 g/mol. The SMILES string of the molecule is Nc1cnc(NC(=O)C2CCCCC2C(F)(F)F)c(Br)c1. The van der Waals surface area contributed by atoms with Gasteiger partial charge in [0, 0.05) is 5.92 Å². The molecule has 1 fully saturated rings. The van der Waals surface area contributed by atoms with Gasteiger partial charge < -0.3 is 11.1 Å². The van der Waals surface area contributed by atoms with E-state index in [9.17, 15) is 18.0 Å². The molecular formula is C13H15BrF3N3O. The van der Waals surface area contributed by atoms with Gasteiger partial charge in [-0.05, 0) is 34.8 Å². The highest BCUT2D eigenvalue weighted by Crippen LogP contribution is 2.42. The number of nitrogens with zero attached hydrogens (tertiary/aromatic N) is 1. The molecule has 0 radical (unpaired) electrons. The summed E-state index contributed by atoms with van der Waals surface area (Å²) in [6.07, 6.45) is -1.66. The molecule has 8 heteroatoms. The van der Waals surface area contributed by atoms with Crippen LogP contribution in [0.4, 0.5) is 24.7 Å². The van der Waals surface area contributed by atoms with E-state index in [0.29, 0.717) is 23.0 Å². The van der Waals surface area contributed by atoms with Crippen molar-refractivity contribution in [3.63, 3.8) is 0 Å². The van der Waals surface area contributed by atoms with Crippen LogP contribution < -0.4 is 11.1 Å². The number of anilines is 2. The minimum Gasteiger partial charge on any atom is -0.397 e. The van der Waals surface area contributed by atoms with Crippen molar-refractivity contribution in [3.8, 4) is 0 Å². The summed E-state index contributed by atoms with van der Waals surface area (Å²) in [7, 11) is 0. The molecule has 116 valence electrons. The van der Waals surface area contributed by atoms with Gasteiger partial charge in [-0.2, -0.15) is 13.2 Å². The van der Waals surface area contributed by atoms with Crippen LogP contribution in [-0.4, -0.2) is 17.1 Å². The van der Waals surface area contributed by atoms with Gasteiger partial charge in [0.2, 0.25) is 5.91 Å². The number of amides is 1. The first kappa shape index (κ1) is 16.1. The van der Waals surface area contributed by atoms with Crippen molar-refractivity contribution in [2.24, 2.45) is 11.8 Å². The first-order valence-electron chi connectivity index (χ1n) is 6.57. The molecule has 2 rings (SSSR count). The zero-order valence-corrected chi connectivity index (χ0v) is 12.7. The summed E-state index contributed by atoms with van der Waals surface area (Å²) in [6.45, 7) is 0. The number of rotatable bonds is 2. The lowest BCUT2D eigenvalue weighted by molar-refractivity contribution is -0.197. The molecule has 2 unspecified atom stereocenters. The van der Waals surface area contributed by atoms with Crippen LogP contribution in [0.5, 0.6) is 0 Å². The molecule has 0 spiro atoms. The number of nitrogens with one attached hydrogen (secondary N) is 1. The Kier molecular flexibility index (Phi) is 4.75. The van der Waals surface area contributed by atoms with Crippen molar-refractivity contribution in [1.82, 2.24) is 4.98 Å². The maximum atomic E-state index is 13.0. The van der Waals surface area contributed by atoms with Crippen molar-refractivity contribution in [2.45, 2.75) is 31.9 Å². The van der Waals surface area contributed by atoms with Gasteiger partial charge in [0.05, 0.1) is 22.3 Å². The molecule has 1 saturated carbocycles. The number of halogens is 4. The highest BCUT2D eigenvalue weighted by Gasteiger charge is 2.48. The standard InChI is InChI=1S/C13H15BrF3N3O/c14-10-5-7(18)6-19-11(10)20-12(21)8-3-1-2-4-9(8)13(15,16)17/h5-6,8-9H,1-4,18H2,(H,19,20,21). The van der Waals surface area contributed by atoms with Gasteiger partial charge in [-0.1, -0.05) is 12.8 Å². The van der Waals surface area contributed by atoms with Crippen molar-refractivity contribution >= 4 is 33.3 Å². The smallest absolute Gasteiger partial charge is 0.392 e. The number of nitrogen functional groups attached to an aromatic ring is 1. The van der Waals surface area contributed by atoms with Crippen LogP contribution >= 0.6 is 15.9 Å². The molecule has 4 nitrogen and oxygen atoms in total. The Bertz CT molecular complexity index is 536. The Labute approximate surface area is 128 Å². The molecule has 0 aliphatic heterocycles. The van der Waals surface area contributed by atoms with E-state index in [1.807, 2.05) is 0 Å². The Morgan fingerprint density at radius 1 is 1.38 bits per heavy atom. The molecule has 0 bridgehead atoms. The summed E-state index contributed by atoms with van der Waals surface area (Å²) >= 11 is 3.17. The average Bonchev–Trinajstić information content (AvgIpc) is 2.41. The van der Waals surface area contributed by atoms with E-state index in [4.69, 9.17) is 5.73 Å².